The molecule has 1 aromatic carbocycles. The van der Waals surface area contributed by atoms with E-state index in [4.69, 9.17) is 0 Å². The third kappa shape index (κ3) is 3.09. The van der Waals surface area contributed by atoms with Crippen LogP contribution in [0.3, 0.4) is 0 Å². The summed E-state index contributed by atoms with van der Waals surface area (Å²) in [6.45, 7) is 1.54. The van der Waals surface area contributed by atoms with Gasteiger partial charge in [0.15, 0.2) is 0 Å². The van der Waals surface area contributed by atoms with Crippen molar-refractivity contribution in [2.45, 2.75) is 6.92 Å². The Kier molecular flexibility index (Phi) is 3.71. The highest BCUT2D eigenvalue weighted by Crippen LogP contribution is 2.20. The summed E-state index contributed by atoms with van der Waals surface area (Å²) < 4.78 is 38.0. The zero-order valence-electron chi connectivity index (χ0n) is 7.42. The van der Waals surface area contributed by atoms with E-state index in [0.29, 0.717) is 9.26 Å². The van der Waals surface area contributed by atoms with Gasteiger partial charge in [-0.05, 0) is 47.7 Å². The van der Waals surface area contributed by atoms with Gasteiger partial charge in [-0.2, -0.15) is 0 Å². The third-order valence-corrected chi connectivity index (χ3v) is 3.76. The lowest BCUT2D eigenvalue weighted by Crippen LogP contribution is -2.15. The molecular weight excluding hydrogens is 320 g/mol. The van der Waals surface area contributed by atoms with Gasteiger partial charge in [0.05, 0.1) is 11.4 Å². The van der Waals surface area contributed by atoms with Crippen LogP contribution in [0.5, 0.6) is 0 Å². The zero-order valence-corrected chi connectivity index (χ0v) is 10.4. The SMILES string of the molecule is CCS(=O)(=O)Nc1ccc(F)cc1I. The average Bonchev–Trinajstić information content (AvgIpc) is 2.10. The summed E-state index contributed by atoms with van der Waals surface area (Å²) >= 11 is 1.88. The Labute approximate surface area is 95.9 Å². The summed E-state index contributed by atoms with van der Waals surface area (Å²) in [5.74, 6) is -0.380. The van der Waals surface area contributed by atoms with Crippen molar-refractivity contribution in [1.82, 2.24) is 0 Å². The molecule has 0 saturated carbocycles. The highest BCUT2D eigenvalue weighted by molar-refractivity contribution is 14.1. The molecule has 0 aliphatic carbocycles. The van der Waals surface area contributed by atoms with Crippen LogP contribution in [0.15, 0.2) is 18.2 Å². The fourth-order valence-corrected chi connectivity index (χ4v) is 2.26. The van der Waals surface area contributed by atoms with E-state index in [-0.39, 0.29) is 11.6 Å². The molecular formula is C8H9FINO2S. The van der Waals surface area contributed by atoms with E-state index in [9.17, 15) is 12.8 Å². The molecule has 0 amide bonds. The Balaban J connectivity index is 2.99. The molecule has 0 aliphatic rings. The summed E-state index contributed by atoms with van der Waals surface area (Å²) in [6.07, 6.45) is 0. The quantitative estimate of drug-likeness (QED) is 0.864. The first kappa shape index (κ1) is 11.7. The lowest BCUT2D eigenvalue weighted by Gasteiger charge is -2.07. The topological polar surface area (TPSA) is 46.2 Å². The van der Waals surface area contributed by atoms with Gasteiger partial charge in [-0.3, -0.25) is 4.72 Å². The van der Waals surface area contributed by atoms with Gasteiger partial charge in [-0.1, -0.05) is 0 Å². The van der Waals surface area contributed by atoms with Crippen LogP contribution in [-0.4, -0.2) is 14.2 Å². The molecule has 1 N–H and O–H groups in total. The molecule has 0 aliphatic heterocycles. The van der Waals surface area contributed by atoms with E-state index in [1.165, 1.54) is 18.2 Å². The predicted octanol–water partition coefficient (Wildman–Crippen LogP) is 2.19. The fraction of sp³-hybridized carbons (Fsp3) is 0.250. The largest absolute Gasteiger partial charge is 0.282 e. The molecule has 1 rings (SSSR count). The standard InChI is InChI=1S/C8H9FINO2S/c1-2-14(12,13)11-8-4-3-6(9)5-7(8)10/h3-5,11H,2H2,1H3. The van der Waals surface area contributed by atoms with E-state index >= 15 is 0 Å². The Morgan fingerprint density at radius 1 is 1.50 bits per heavy atom. The van der Waals surface area contributed by atoms with Crippen LogP contribution in [0.1, 0.15) is 6.92 Å². The highest BCUT2D eigenvalue weighted by Gasteiger charge is 2.09. The minimum Gasteiger partial charge on any atom is -0.282 e. The minimum atomic E-state index is -3.29. The number of halogens is 2. The molecule has 6 heteroatoms. The summed E-state index contributed by atoms with van der Waals surface area (Å²) in [4.78, 5) is 0. The molecule has 0 bridgehead atoms. The van der Waals surface area contributed by atoms with E-state index in [0.717, 1.165) is 0 Å². The highest BCUT2D eigenvalue weighted by atomic mass is 127. The molecule has 0 spiro atoms. The first-order valence-corrected chi connectivity index (χ1v) is 6.63. The van der Waals surface area contributed by atoms with Crippen LogP contribution in [0, 0.1) is 9.39 Å². The van der Waals surface area contributed by atoms with Crippen molar-refractivity contribution < 1.29 is 12.8 Å². The molecule has 0 saturated heterocycles. The lowest BCUT2D eigenvalue weighted by molar-refractivity contribution is 0.602. The maximum atomic E-state index is 12.7. The van der Waals surface area contributed by atoms with Gasteiger partial charge in [0.25, 0.3) is 0 Å². The van der Waals surface area contributed by atoms with E-state index < -0.39 is 10.0 Å². The Morgan fingerprint density at radius 2 is 2.14 bits per heavy atom. The fourth-order valence-electron chi connectivity index (χ4n) is 0.812. The van der Waals surface area contributed by atoms with Gasteiger partial charge >= 0.3 is 0 Å². The van der Waals surface area contributed by atoms with Gasteiger partial charge in [0.1, 0.15) is 5.82 Å². The number of anilines is 1. The Morgan fingerprint density at radius 3 is 2.64 bits per heavy atom. The zero-order chi connectivity index (χ0) is 10.8. The van der Waals surface area contributed by atoms with Gasteiger partial charge in [-0.15, -0.1) is 0 Å². The molecule has 0 unspecified atom stereocenters. The molecule has 78 valence electrons. The van der Waals surface area contributed by atoms with Gasteiger partial charge < -0.3 is 0 Å². The average molecular weight is 329 g/mol. The van der Waals surface area contributed by atoms with Crippen molar-refractivity contribution in [2.24, 2.45) is 0 Å². The number of benzene rings is 1. The molecule has 0 aromatic heterocycles. The summed E-state index contributed by atoms with van der Waals surface area (Å²) in [5, 5.41) is 0. The molecule has 0 radical (unpaired) electrons. The number of rotatable bonds is 3. The third-order valence-electron chi connectivity index (χ3n) is 1.58. The molecule has 0 fully saturated rings. The molecule has 1 aromatic rings. The first-order valence-electron chi connectivity index (χ1n) is 3.90. The van der Waals surface area contributed by atoms with Gasteiger partial charge in [0.2, 0.25) is 10.0 Å². The van der Waals surface area contributed by atoms with Crippen molar-refractivity contribution in [2.75, 3.05) is 10.5 Å². The Hall–Kier alpha value is -0.370. The van der Waals surface area contributed by atoms with Crippen LogP contribution in [0.25, 0.3) is 0 Å². The van der Waals surface area contributed by atoms with E-state index in [1.54, 1.807) is 6.92 Å². The van der Waals surface area contributed by atoms with Crippen LogP contribution < -0.4 is 4.72 Å². The molecule has 0 atom stereocenters. The van der Waals surface area contributed by atoms with Crippen LogP contribution >= 0.6 is 22.6 Å². The number of hydrogen-bond acceptors (Lipinski definition) is 2. The van der Waals surface area contributed by atoms with Crippen molar-refractivity contribution >= 4 is 38.3 Å². The van der Waals surface area contributed by atoms with Crippen LogP contribution in [-0.2, 0) is 10.0 Å². The van der Waals surface area contributed by atoms with Crippen molar-refractivity contribution in [3.8, 4) is 0 Å². The van der Waals surface area contributed by atoms with Crippen molar-refractivity contribution in [3.05, 3.63) is 27.6 Å². The van der Waals surface area contributed by atoms with Crippen LogP contribution in [0.4, 0.5) is 10.1 Å². The summed E-state index contributed by atoms with van der Waals surface area (Å²) in [6, 6.07) is 3.90. The summed E-state index contributed by atoms with van der Waals surface area (Å²) in [7, 11) is -3.29. The molecule has 3 nitrogen and oxygen atoms in total. The van der Waals surface area contributed by atoms with Gasteiger partial charge in [-0.25, -0.2) is 12.8 Å². The lowest BCUT2D eigenvalue weighted by atomic mass is 10.3. The monoisotopic (exact) mass is 329 g/mol. The minimum absolute atomic E-state index is 0.000453. The van der Waals surface area contributed by atoms with E-state index in [2.05, 4.69) is 4.72 Å². The Bertz CT molecular complexity index is 433. The normalized spacial score (nSPS) is 11.4. The van der Waals surface area contributed by atoms with Gasteiger partial charge in [0, 0.05) is 3.57 Å². The second-order valence-electron chi connectivity index (χ2n) is 2.63. The maximum absolute atomic E-state index is 12.7. The number of nitrogens with one attached hydrogen (secondary N) is 1. The number of hydrogen-bond donors (Lipinski definition) is 1. The maximum Gasteiger partial charge on any atom is 0.232 e. The second kappa shape index (κ2) is 4.43. The van der Waals surface area contributed by atoms with Crippen LogP contribution in [0.2, 0.25) is 0 Å². The van der Waals surface area contributed by atoms with Crippen molar-refractivity contribution in [3.63, 3.8) is 0 Å². The first-order chi connectivity index (χ1) is 6.44. The second-order valence-corrected chi connectivity index (χ2v) is 5.80. The predicted molar refractivity (Wildman–Crippen MR) is 62.2 cm³/mol. The smallest absolute Gasteiger partial charge is 0.232 e. The summed E-state index contributed by atoms with van der Waals surface area (Å²) in [5.41, 5.74) is 0.411. The molecule has 14 heavy (non-hydrogen) atoms. The molecule has 0 heterocycles. The number of sulfonamides is 1. The van der Waals surface area contributed by atoms with E-state index in [1.807, 2.05) is 22.6 Å². The van der Waals surface area contributed by atoms with Crippen molar-refractivity contribution in [1.29, 1.82) is 0 Å².